The van der Waals surface area contributed by atoms with E-state index in [0.717, 1.165) is 6.07 Å². The Morgan fingerprint density at radius 3 is 2.72 bits per heavy atom. The van der Waals surface area contributed by atoms with Gasteiger partial charge in [0, 0.05) is 37.4 Å². The number of nitrogens with one attached hydrogen (secondary N) is 2. The Hall–Kier alpha value is -2.97. The van der Waals surface area contributed by atoms with Crippen molar-refractivity contribution in [2.45, 2.75) is 13.0 Å². The fourth-order valence-corrected chi connectivity index (χ4v) is 4.26. The third-order valence-corrected chi connectivity index (χ3v) is 5.77. The summed E-state index contributed by atoms with van der Waals surface area (Å²) in [5, 5.41) is 5.82. The van der Waals surface area contributed by atoms with E-state index >= 15 is 0 Å². The quantitative estimate of drug-likeness (QED) is 0.442. The Balaban J connectivity index is 1.76. The zero-order valence-electron chi connectivity index (χ0n) is 16.6. The van der Waals surface area contributed by atoms with Crippen molar-refractivity contribution in [1.29, 1.82) is 0 Å². The lowest BCUT2D eigenvalue weighted by molar-refractivity contribution is 0.0959. The fourth-order valence-electron chi connectivity index (χ4n) is 3.58. The highest BCUT2D eigenvalue weighted by Crippen LogP contribution is 2.41. The van der Waals surface area contributed by atoms with Gasteiger partial charge in [-0.3, -0.25) is 9.59 Å². The van der Waals surface area contributed by atoms with Crippen molar-refractivity contribution in [3.05, 3.63) is 91.9 Å². The van der Waals surface area contributed by atoms with Crippen LogP contribution in [0.3, 0.4) is 0 Å². The van der Waals surface area contributed by atoms with Crippen molar-refractivity contribution in [1.82, 2.24) is 5.32 Å². The van der Waals surface area contributed by atoms with Gasteiger partial charge in [0.1, 0.15) is 5.82 Å². The summed E-state index contributed by atoms with van der Waals surface area (Å²) in [7, 11) is 0. The molecule has 0 radical (unpaired) electrons. The summed E-state index contributed by atoms with van der Waals surface area (Å²) in [6.07, 6.45) is 0. The maximum absolute atomic E-state index is 13.9. The van der Waals surface area contributed by atoms with E-state index in [9.17, 15) is 18.4 Å². The molecule has 0 saturated heterocycles. The molecule has 1 atom stereocenters. The first-order chi connectivity index (χ1) is 15.3. The number of carbonyl (C=O) groups is 2. The number of hydrogen-bond donors (Lipinski definition) is 2. The standard InChI is InChI=1S/C23H16BrClF2N2O3/c1-2-32-19-7-11(3-6-17(19)27)22(30)28-18-9-12(24)8-15-20(18)21(29-23(15)31)14-10-13(26)4-5-16(14)25/h3-10,21H,2H2,1H3,(H,28,30)(H,29,31). The topological polar surface area (TPSA) is 67.4 Å². The first-order valence-electron chi connectivity index (χ1n) is 9.61. The first kappa shape index (κ1) is 22.2. The van der Waals surface area contributed by atoms with E-state index in [1.165, 1.54) is 30.3 Å². The largest absolute Gasteiger partial charge is 0.491 e. The van der Waals surface area contributed by atoms with Crippen LogP contribution in [0.25, 0.3) is 0 Å². The SMILES string of the molecule is CCOc1cc(C(=O)Nc2cc(Br)cc3c2C(c2cc(F)ccc2Cl)NC3=O)ccc1F. The molecule has 1 heterocycles. The van der Waals surface area contributed by atoms with Crippen LogP contribution in [0.4, 0.5) is 14.5 Å². The molecule has 32 heavy (non-hydrogen) atoms. The van der Waals surface area contributed by atoms with Gasteiger partial charge in [-0.15, -0.1) is 0 Å². The van der Waals surface area contributed by atoms with Gasteiger partial charge in [-0.1, -0.05) is 27.5 Å². The number of carbonyl (C=O) groups excluding carboxylic acids is 2. The summed E-state index contributed by atoms with van der Waals surface area (Å²) < 4.78 is 33.6. The maximum Gasteiger partial charge on any atom is 0.255 e. The van der Waals surface area contributed by atoms with Gasteiger partial charge in [-0.05, 0) is 55.5 Å². The highest BCUT2D eigenvalue weighted by Gasteiger charge is 2.34. The van der Waals surface area contributed by atoms with Crippen LogP contribution < -0.4 is 15.4 Å². The van der Waals surface area contributed by atoms with Gasteiger partial charge in [-0.25, -0.2) is 8.78 Å². The van der Waals surface area contributed by atoms with Crippen LogP contribution in [-0.2, 0) is 0 Å². The second-order valence-electron chi connectivity index (χ2n) is 7.02. The van der Waals surface area contributed by atoms with Crippen LogP contribution in [0, 0.1) is 11.6 Å². The monoisotopic (exact) mass is 520 g/mol. The second kappa shape index (κ2) is 8.88. The Morgan fingerprint density at radius 1 is 1.19 bits per heavy atom. The van der Waals surface area contributed by atoms with E-state index in [-0.39, 0.29) is 28.8 Å². The normalized spacial score (nSPS) is 14.7. The molecule has 2 amide bonds. The molecule has 0 fully saturated rings. The van der Waals surface area contributed by atoms with Gasteiger partial charge in [-0.2, -0.15) is 0 Å². The number of rotatable bonds is 5. The number of anilines is 1. The van der Waals surface area contributed by atoms with Gasteiger partial charge < -0.3 is 15.4 Å². The summed E-state index contributed by atoms with van der Waals surface area (Å²) in [5.41, 5.74) is 1.61. The van der Waals surface area contributed by atoms with Gasteiger partial charge in [0.25, 0.3) is 11.8 Å². The number of fused-ring (bicyclic) bond motifs is 1. The van der Waals surface area contributed by atoms with E-state index in [4.69, 9.17) is 16.3 Å². The van der Waals surface area contributed by atoms with Crippen molar-refractivity contribution in [3.8, 4) is 5.75 Å². The Kier molecular flexibility index (Phi) is 6.17. The zero-order chi connectivity index (χ0) is 23.0. The van der Waals surface area contributed by atoms with Crippen LogP contribution >= 0.6 is 27.5 Å². The molecule has 0 saturated carbocycles. The molecule has 2 N–H and O–H groups in total. The van der Waals surface area contributed by atoms with Crippen LogP contribution in [-0.4, -0.2) is 18.4 Å². The van der Waals surface area contributed by atoms with Gasteiger partial charge in [0.15, 0.2) is 11.6 Å². The lowest BCUT2D eigenvalue weighted by atomic mass is 9.96. The molecule has 5 nitrogen and oxygen atoms in total. The van der Waals surface area contributed by atoms with E-state index in [0.29, 0.717) is 26.9 Å². The highest BCUT2D eigenvalue weighted by molar-refractivity contribution is 9.10. The summed E-state index contributed by atoms with van der Waals surface area (Å²) in [6, 6.07) is 10.1. The minimum absolute atomic E-state index is 0.0408. The third-order valence-electron chi connectivity index (χ3n) is 4.96. The Bertz CT molecular complexity index is 1250. The number of benzene rings is 3. The Labute approximate surface area is 195 Å². The lowest BCUT2D eigenvalue weighted by Gasteiger charge is -2.18. The highest BCUT2D eigenvalue weighted by atomic mass is 79.9. The lowest BCUT2D eigenvalue weighted by Crippen LogP contribution is -2.21. The summed E-state index contributed by atoms with van der Waals surface area (Å²) in [5.74, 6) is -2.05. The zero-order valence-corrected chi connectivity index (χ0v) is 19.0. The number of hydrogen-bond acceptors (Lipinski definition) is 3. The van der Waals surface area contributed by atoms with Gasteiger partial charge in [0.05, 0.1) is 12.6 Å². The van der Waals surface area contributed by atoms with Crippen LogP contribution in [0.2, 0.25) is 5.02 Å². The third kappa shape index (κ3) is 4.20. The summed E-state index contributed by atoms with van der Waals surface area (Å²) in [6.45, 7) is 1.95. The van der Waals surface area contributed by atoms with Crippen molar-refractivity contribution < 1.29 is 23.1 Å². The molecule has 9 heteroatoms. The second-order valence-corrected chi connectivity index (χ2v) is 8.34. The predicted molar refractivity (Wildman–Crippen MR) is 120 cm³/mol. The minimum atomic E-state index is -0.767. The van der Waals surface area contributed by atoms with E-state index in [1.54, 1.807) is 19.1 Å². The van der Waals surface area contributed by atoms with E-state index in [1.807, 2.05) is 0 Å². The molecule has 3 aromatic carbocycles. The average Bonchev–Trinajstić information content (AvgIpc) is 3.08. The fraction of sp³-hybridized carbons (Fsp3) is 0.130. The number of halogens is 4. The van der Waals surface area contributed by atoms with E-state index < -0.39 is 23.6 Å². The molecule has 3 aromatic rings. The molecule has 1 unspecified atom stereocenters. The predicted octanol–water partition coefficient (Wildman–Crippen LogP) is 5.86. The molecule has 164 valence electrons. The molecule has 0 spiro atoms. The average molecular weight is 522 g/mol. The van der Waals surface area contributed by atoms with Crippen molar-refractivity contribution in [2.75, 3.05) is 11.9 Å². The van der Waals surface area contributed by atoms with Crippen LogP contribution in [0.5, 0.6) is 5.75 Å². The van der Waals surface area contributed by atoms with Crippen molar-refractivity contribution in [3.63, 3.8) is 0 Å². The summed E-state index contributed by atoms with van der Waals surface area (Å²) in [4.78, 5) is 25.6. The van der Waals surface area contributed by atoms with Crippen molar-refractivity contribution >= 4 is 45.0 Å². The number of amides is 2. The molecule has 0 bridgehead atoms. The molecule has 1 aliphatic heterocycles. The molecular formula is C23H16BrClF2N2O3. The molecule has 4 rings (SSSR count). The van der Waals surface area contributed by atoms with E-state index in [2.05, 4.69) is 26.6 Å². The first-order valence-corrected chi connectivity index (χ1v) is 10.8. The molecular weight excluding hydrogens is 506 g/mol. The molecule has 0 aromatic heterocycles. The van der Waals surface area contributed by atoms with Crippen LogP contribution in [0.15, 0.2) is 53.0 Å². The Morgan fingerprint density at radius 2 is 1.97 bits per heavy atom. The molecule has 1 aliphatic rings. The summed E-state index contributed by atoms with van der Waals surface area (Å²) >= 11 is 9.62. The maximum atomic E-state index is 13.9. The van der Waals surface area contributed by atoms with Gasteiger partial charge in [0.2, 0.25) is 0 Å². The van der Waals surface area contributed by atoms with Gasteiger partial charge >= 0.3 is 0 Å². The van der Waals surface area contributed by atoms with Crippen LogP contribution in [0.1, 0.15) is 44.8 Å². The number of ether oxygens (including phenoxy) is 1. The minimum Gasteiger partial charge on any atom is -0.491 e. The molecule has 0 aliphatic carbocycles. The smallest absolute Gasteiger partial charge is 0.255 e. The van der Waals surface area contributed by atoms with Crippen molar-refractivity contribution in [2.24, 2.45) is 0 Å².